The summed E-state index contributed by atoms with van der Waals surface area (Å²) in [7, 11) is 3.75. The molecule has 1 N–H and O–H groups in total. The first-order valence-corrected chi connectivity index (χ1v) is 8.23. The van der Waals surface area contributed by atoms with E-state index in [2.05, 4.69) is 18.3 Å². The van der Waals surface area contributed by atoms with Crippen LogP contribution in [0.15, 0.2) is 18.2 Å². The lowest BCUT2D eigenvalue weighted by Crippen LogP contribution is -2.37. The Kier molecular flexibility index (Phi) is 4.39. The van der Waals surface area contributed by atoms with Gasteiger partial charge < -0.3 is 14.8 Å². The molecule has 1 aromatic carbocycles. The Morgan fingerprint density at radius 2 is 1.95 bits per heavy atom. The zero-order valence-corrected chi connectivity index (χ0v) is 13.4. The van der Waals surface area contributed by atoms with Crippen molar-refractivity contribution in [2.45, 2.75) is 51.2 Å². The summed E-state index contributed by atoms with van der Waals surface area (Å²) in [6, 6.07) is 6.59. The van der Waals surface area contributed by atoms with Crippen molar-refractivity contribution >= 4 is 0 Å². The lowest BCUT2D eigenvalue weighted by Gasteiger charge is -2.39. The summed E-state index contributed by atoms with van der Waals surface area (Å²) < 4.78 is 11.7. The average molecular weight is 289 g/mol. The van der Waals surface area contributed by atoms with Gasteiger partial charge in [-0.05, 0) is 37.8 Å². The quantitative estimate of drug-likeness (QED) is 0.914. The van der Waals surface area contributed by atoms with Crippen LogP contribution in [0.1, 0.15) is 50.6 Å². The standard InChI is InChI=1S/C18H27NO2/c1-12-4-6-13(7-5-12)17-11-16(19-2)15-9-8-14(20-3)10-18(15)21-17/h8-10,12-13,16-17,19H,4-7,11H2,1-3H3. The van der Waals surface area contributed by atoms with Crippen LogP contribution in [0.5, 0.6) is 11.5 Å². The van der Waals surface area contributed by atoms with Gasteiger partial charge in [-0.3, -0.25) is 0 Å². The molecule has 1 fully saturated rings. The molecule has 0 amide bonds. The third-order valence-electron chi connectivity index (χ3n) is 5.28. The highest BCUT2D eigenvalue weighted by molar-refractivity contribution is 5.44. The second-order valence-electron chi connectivity index (χ2n) is 6.66. The van der Waals surface area contributed by atoms with Crippen molar-refractivity contribution in [1.82, 2.24) is 5.32 Å². The molecule has 1 aromatic rings. The molecule has 0 saturated heterocycles. The molecule has 0 aromatic heterocycles. The predicted octanol–water partition coefficient (Wildman–Crippen LogP) is 3.93. The lowest BCUT2D eigenvalue weighted by atomic mass is 9.77. The van der Waals surface area contributed by atoms with E-state index in [0.717, 1.165) is 23.8 Å². The lowest BCUT2D eigenvalue weighted by molar-refractivity contribution is 0.0660. The van der Waals surface area contributed by atoms with Gasteiger partial charge in [0.2, 0.25) is 0 Å². The molecular formula is C18H27NO2. The third kappa shape index (κ3) is 3.03. The van der Waals surface area contributed by atoms with Crippen LogP contribution < -0.4 is 14.8 Å². The first-order valence-electron chi connectivity index (χ1n) is 8.23. The van der Waals surface area contributed by atoms with Crippen LogP contribution in [-0.4, -0.2) is 20.3 Å². The van der Waals surface area contributed by atoms with E-state index in [1.165, 1.54) is 31.2 Å². The van der Waals surface area contributed by atoms with E-state index in [1.807, 2.05) is 19.2 Å². The first kappa shape index (κ1) is 14.7. The van der Waals surface area contributed by atoms with Crippen LogP contribution in [0.3, 0.4) is 0 Å². The van der Waals surface area contributed by atoms with Crippen LogP contribution in [0.25, 0.3) is 0 Å². The Morgan fingerprint density at radius 3 is 2.62 bits per heavy atom. The second-order valence-corrected chi connectivity index (χ2v) is 6.66. The van der Waals surface area contributed by atoms with E-state index in [0.29, 0.717) is 18.1 Å². The molecule has 1 aliphatic heterocycles. The van der Waals surface area contributed by atoms with Gasteiger partial charge in [0.1, 0.15) is 17.6 Å². The van der Waals surface area contributed by atoms with Crippen LogP contribution in [-0.2, 0) is 0 Å². The number of rotatable bonds is 3. The van der Waals surface area contributed by atoms with Crippen molar-refractivity contribution in [3.05, 3.63) is 23.8 Å². The van der Waals surface area contributed by atoms with Gasteiger partial charge in [-0.25, -0.2) is 0 Å². The summed E-state index contributed by atoms with van der Waals surface area (Å²) in [5.41, 5.74) is 1.26. The van der Waals surface area contributed by atoms with Gasteiger partial charge in [-0.15, -0.1) is 0 Å². The number of ether oxygens (including phenoxy) is 2. The monoisotopic (exact) mass is 289 g/mol. The molecule has 0 spiro atoms. The summed E-state index contributed by atoms with van der Waals surface area (Å²) in [5, 5.41) is 3.45. The van der Waals surface area contributed by atoms with Crippen LogP contribution in [0.2, 0.25) is 0 Å². The Labute approximate surface area is 128 Å². The molecule has 1 aliphatic carbocycles. The van der Waals surface area contributed by atoms with E-state index < -0.39 is 0 Å². The molecule has 21 heavy (non-hydrogen) atoms. The van der Waals surface area contributed by atoms with E-state index in [1.54, 1.807) is 7.11 Å². The van der Waals surface area contributed by atoms with Gasteiger partial charge in [0.05, 0.1) is 7.11 Å². The molecule has 2 aliphatic rings. The van der Waals surface area contributed by atoms with Crippen molar-refractivity contribution in [3.8, 4) is 11.5 Å². The van der Waals surface area contributed by atoms with Crippen molar-refractivity contribution < 1.29 is 9.47 Å². The van der Waals surface area contributed by atoms with Gasteiger partial charge in [-0.2, -0.15) is 0 Å². The molecule has 3 heteroatoms. The molecule has 2 unspecified atom stereocenters. The Hall–Kier alpha value is -1.22. The molecule has 116 valence electrons. The topological polar surface area (TPSA) is 30.5 Å². The fraction of sp³-hybridized carbons (Fsp3) is 0.667. The van der Waals surface area contributed by atoms with Crippen LogP contribution in [0, 0.1) is 11.8 Å². The summed E-state index contributed by atoms with van der Waals surface area (Å²) in [5.74, 6) is 3.47. The number of benzene rings is 1. The maximum Gasteiger partial charge on any atom is 0.128 e. The molecule has 3 rings (SSSR count). The van der Waals surface area contributed by atoms with Crippen molar-refractivity contribution in [1.29, 1.82) is 0 Å². The van der Waals surface area contributed by atoms with E-state index in [9.17, 15) is 0 Å². The fourth-order valence-electron chi connectivity index (χ4n) is 3.82. The zero-order chi connectivity index (χ0) is 14.8. The van der Waals surface area contributed by atoms with Crippen molar-refractivity contribution in [2.75, 3.05) is 14.2 Å². The highest BCUT2D eigenvalue weighted by Crippen LogP contribution is 2.42. The van der Waals surface area contributed by atoms with Gasteiger partial charge in [-0.1, -0.05) is 25.8 Å². The highest BCUT2D eigenvalue weighted by atomic mass is 16.5. The Bertz CT molecular complexity index is 480. The largest absolute Gasteiger partial charge is 0.497 e. The first-order chi connectivity index (χ1) is 10.2. The maximum atomic E-state index is 6.36. The molecule has 1 heterocycles. The summed E-state index contributed by atoms with van der Waals surface area (Å²) >= 11 is 0. The fourth-order valence-corrected chi connectivity index (χ4v) is 3.82. The van der Waals surface area contributed by atoms with Crippen molar-refractivity contribution in [3.63, 3.8) is 0 Å². The Morgan fingerprint density at radius 1 is 1.19 bits per heavy atom. The second kappa shape index (κ2) is 6.27. The highest BCUT2D eigenvalue weighted by Gasteiger charge is 2.34. The smallest absolute Gasteiger partial charge is 0.128 e. The SMILES string of the molecule is CNC1CC(C2CCC(C)CC2)Oc2cc(OC)ccc21. The third-order valence-corrected chi connectivity index (χ3v) is 5.28. The van der Waals surface area contributed by atoms with Crippen LogP contribution >= 0.6 is 0 Å². The normalized spacial score (nSPS) is 32.1. The summed E-state index contributed by atoms with van der Waals surface area (Å²) in [4.78, 5) is 0. The Balaban J connectivity index is 1.80. The minimum absolute atomic E-state index is 0.342. The number of hydrogen-bond donors (Lipinski definition) is 1. The number of hydrogen-bond acceptors (Lipinski definition) is 3. The number of nitrogens with one attached hydrogen (secondary N) is 1. The van der Waals surface area contributed by atoms with Gasteiger partial charge >= 0.3 is 0 Å². The summed E-state index contributed by atoms with van der Waals surface area (Å²) in [6.07, 6.45) is 6.73. The minimum Gasteiger partial charge on any atom is -0.497 e. The van der Waals surface area contributed by atoms with E-state index in [4.69, 9.17) is 9.47 Å². The molecule has 0 bridgehead atoms. The van der Waals surface area contributed by atoms with Crippen molar-refractivity contribution in [2.24, 2.45) is 11.8 Å². The van der Waals surface area contributed by atoms with Gasteiger partial charge in [0.15, 0.2) is 0 Å². The van der Waals surface area contributed by atoms with Gasteiger partial charge in [0.25, 0.3) is 0 Å². The molecule has 3 nitrogen and oxygen atoms in total. The van der Waals surface area contributed by atoms with E-state index >= 15 is 0 Å². The zero-order valence-electron chi connectivity index (χ0n) is 13.4. The molecule has 0 radical (unpaired) electrons. The predicted molar refractivity (Wildman–Crippen MR) is 84.9 cm³/mol. The summed E-state index contributed by atoms with van der Waals surface area (Å²) in [6.45, 7) is 2.37. The minimum atomic E-state index is 0.342. The van der Waals surface area contributed by atoms with Gasteiger partial charge in [0, 0.05) is 24.1 Å². The average Bonchev–Trinajstić information content (AvgIpc) is 2.53. The molecular weight excluding hydrogens is 262 g/mol. The molecule has 2 atom stereocenters. The molecule has 1 saturated carbocycles. The number of fused-ring (bicyclic) bond motifs is 1. The van der Waals surface area contributed by atoms with Crippen LogP contribution in [0.4, 0.5) is 0 Å². The number of methoxy groups -OCH3 is 1. The maximum absolute atomic E-state index is 6.36. The van der Waals surface area contributed by atoms with E-state index in [-0.39, 0.29) is 0 Å².